The van der Waals surface area contributed by atoms with Crippen LogP contribution < -0.4 is 0 Å². The summed E-state index contributed by atoms with van der Waals surface area (Å²) in [5, 5.41) is 0. The van der Waals surface area contributed by atoms with Gasteiger partial charge in [0.25, 0.3) is 0 Å². The summed E-state index contributed by atoms with van der Waals surface area (Å²) < 4.78 is 0. The zero-order valence-electron chi connectivity index (χ0n) is 4.78. The molecule has 0 aromatic heterocycles. The maximum Gasteiger partial charge on any atom is 0.0117 e. The topological polar surface area (TPSA) is 0 Å². The molecule has 0 bridgehead atoms. The lowest BCUT2D eigenvalue weighted by atomic mass is 10.2. The van der Waals surface area contributed by atoms with E-state index >= 15 is 0 Å². The molecule has 0 atom stereocenters. The highest BCUT2D eigenvalue weighted by molar-refractivity contribution is 4.89. The molecular weight excluding hydrogens is 84.1 g/mol. The molecule has 0 heteroatoms. The fraction of sp³-hybridized carbons (Fsp3) is 0.571. The smallest absolute Gasteiger partial charge is 0.0117 e. The first-order chi connectivity index (χ1) is 3.41. The van der Waals surface area contributed by atoms with E-state index in [9.17, 15) is 0 Å². The van der Waals surface area contributed by atoms with E-state index in [0.717, 1.165) is 12.8 Å². The van der Waals surface area contributed by atoms with Gasteiger partial charge < -0.3 is 0 Å². The van der Waals surface area contributed by atoms with Gasteiger partial charge in [0.1, 0.15) is 0 Å². The molecule has 0 aliphatic rings. The van der Waals surface area contributed by atoms with Crippen LogP contribution in [0.5, 0.6) is 0 Å². The van der Waals surface area contributed by atoms with E-state index in [2.05, 4.69) is 19.3 Å². The quantitative estimate of drug-likeness (QED) is 0.371. The number of rotatable bonds is 3. The second-order valence-corrected chi connectivity index (χ2v) is 1.49. The third-order valence-corrected chi connectivity index (χ3v) is 0.755. The fourth-order valence-electron chi connectivity index (χ4n) is 0.390. The van der Waals surface area contributed by atoms with Crippen molar-refractivity contribution in [1.29, 1.82) is 0 Å². The summed E-state index contributed by atoms with van der Waals surface area (Å²) in [5.41, 5.74) is 0. The van der Waals surface area contributed by atoms with E-state index in [1.807, 2.05) is 0 Å². The summed E-state index contributed by atoms with van der Waals surface area (Å²) >= 11 is 0. The summed E-state index contributed by atoms with van der Waals surface area (Å²) in [6, 6.07) is 0. The molecule has 0 fully saturated rings. The van der Waals surface area contributed by atoms with E-state index in [1.54, 1.807) is 0 Å². The molecule has 0 N–H and O–H groups in total. The molecule has 0 amide bonds. The van der Waals surface area contributed by atoms with Gasteiger partial charge in [0.15, 0.2) is 0 Å². The largest absolute Gasteiger partial charge is 0.120 e. The second-order valence-electron chi connectivity index (χ2n) is 1.49. The maximum atomic E-state index is 4.99. The van der Waals surface area contributed by atoms with Crippen molar-refractivity contribution >= 4 is 0 Å². The third kappa shape index (κ3) is 5.56. The van der Waals surface area contributed by atoms with Gasteiger partial charge in [-0.1, -0.05) is 13.3 Å². The minimum absolute atomic E-state index is 0.827. The Bertz CT molecular complexity index is 56.9. The number of unbranched alkanes of at least 4 members (excludes halogenated alkanes) is 3. The molecule has 0 aliphatic heterocycles. The van der Waals surface area contributed by atoms with Gasteiger partial charge in [0.05, 0.1) is 0 Å². The highest BCUT2D eigenvalue weighted by Crippen LogP contribution is 1.93. The SMILES string of the molecule is C#CC[CH]CCC. The molecule has 0 saturated heterocycles. The first-order valence-corrected chi connectivity index (χ1v) is 2.67. The Balaban J connectivity index is 2.60. The Hall–Kier alpha value is -0.440. The fourth-order valence-corrected chi connectivity index (χ4v) is 0.390. The lowest BCUT2D eigenvalue weighted by molar-refractivity contribution is 0.880. The molecule has 0 saturated carbocycles. The molecule has 0 nitrogen and oxygen atoms in total. The minimum atomic E-state index is 0.827. The van der Waals surface area contributed by atoms with Crippen LogP contribution in [-0.4, -0.2) is 0 Å². The van der Waals surface area contributed by atoms with Gasteiger partial charge in [-0.2, -0.15) is 0 Å². The van der Waals surface area contributed by atoms with Crippen LogP contribution in [0.25, 0.3) is 0 Å². The van der Waals surface area contributed by atoms with Crippen LogP contribution in [0.3, 0.4) is 0 Å². The van der Waals surface area contributed by atoms with Crippen molar-refractivity contribution in [3.05, 3.63) is 6.42 Å². The zero-order valence-corrected chi connectivity index (χ0v) is 4.78. The Labute approximate surface area is 45.9 Å². The second kappa shape index (κ2) is 5.56. The van der Waals surface area contributed by atoms with Crippen molar-refractivity contribution in [3.63, 3.8) is 0 Å². The summed E-state index contributed by atoms with van der Waals surface area (Å²) in [7, 11) is 0. The Morgan fingerprint density at radius 1 is 1.71 bits per heavy atom. The predicted octanol–water partition coefficient (Wildman–Crippen LogP) is 2.01. The first-order valence-electron chi connectivity index (χ1n) is 2.67. The van der Waals surface area contributed by atoms with E-state index in [1.165, 1.54) is 6.42 Å². The molecule has 0 heterocycles. The summed E-state index contributed by atoms with van der Waals surface area (Å²) in [6.07, 6.45) is 10.3. The van der Waals surface area contributed by atoms with Crippen molar-refractivity contribution in [2.45, 2.75) is 26.2 Å². The zero-order chi connectivity index (χ0) is 5.54. The lowest BCUT2D eigenvalue weighted by Crippen LogP contribution is -1.70. The summed E-state index contributed by atoms with van der Waals surface area (Å²) in [4.78, 5) is 0. The van der Waals surface area contributed by atoms with E-state index in [-0.39, 0.29) is 0 Å². The van der Waals surface area contributed by atoms with Crippen LogP contribution in [0, 0.1) is 18.8 Å². The van der Waals surface area contributed by atoms with E-state index in [0.29, 0.717) is 0 Å². The van der Waals surface area contributed by atoms with Crippen LogP contribution in [-0.2, 0) is 0 Å². The average Bonchev–Trinajstić information content (AvgIpc) is 1.69. The van der Waals surface area contributed by atoms with Crippen molar-refractivity contribution in [3.8, 4) is 12.3 Å². The molecule has 7 heavy (non-hydrogen) atoms. The van der Waals surface area contributed by atoms with Crippen molar-refractivity contribution in [2.24, 2.45) is 0 Å². The molecule has 39 valence electrons. The highest BCUT2D eigenvalue weighted by atomic mass is 13.8. The Kier molecular flexibility index (Phi) is 5.21. The lowest BCUT2D eigenvalue weighted by Gasteiger charge is -1.85. The van der Waals surface area contributed by atoms with E-state index in [4.69, 9.17) is 6.42 Å². The standard InChI is InChI=1S/C7H11/c1-3-5-7-6-4-2/h1,7H,4-6H2,2H3. The predicted molar refractivity (Wildman–Crippen MR) is 32.7 cm³/mol. The van der Waals surface area contributed by atoms with Crippen LogP contribution in [0.15, 0.2) is 0 Å². The third-order valence-electron chi connectivity index (χ3n) is 0.755. The van der Waals surface area contributed by atoms with Gasteiger partial charge in [0.2, 0.25) is 0 Å². The van der Waals surface area contributed by atoms with Gasteiger partial charge in [-0.3, -0.25) is 0 Å². The molecule has 0 aliphatic carbocycles. The van der Waals surface area contributed by atoms with Crippen LogP contribution in [0.2, 0.25) is 0 Å². The molecule has 0 spiro atoms. The van der Waals surface area contributed by atoms with Crippen molar-refractivity contribution in [1.82, 2.24) is 0 Å². The Morgan fingerprint density at radius 2 is 2.43 bits per heavy atom. The van der Waals surface area contributed by atoms with Crippen LogP contribution >= 0.6 is 0 Å². The average molecular weight is 95.2 g/mol. The Morgan fingerprint density at radius 3 is 2.86 bits per heavy atom. The van der Waals surface area contributed by atoms with Gasteiger partial charge >= 0.3 is 0 Å². The molecule has 0 aromatic rings. The molecule has 1 radical (unpaired) electrons. The van der Waals surface area contributed by atoms with Gasteiger partial charge in [-0.05, 0) is 12.8 Å². The molecule has 0 unspecified atom stereocenters. The van der Waals surface area contributed by atoms with Crippen LogP contribution in [0.1, 0.15) is 26.2 Å². The molecular formula is C7H11. The summed E-state index contributed by atoms with van der Waals surface area (Å²) in [6.45, 7) is 2.15. The van der Waals surface area contributed by atoms with Gasteiger partial charge in [0, 0.05) is 6.42 Å². The number of hydrogen-bond donors (Lipinski definition) is 0. The number of hydrogen-bond acceptors (Lipinski definition) is 0. The molecule has 0 aromatic carbocycles. The summed E-state index contributed by atoms with van der Waals surface area (Å²) in [5.74, 6) is 2.55. The van der Waals surface area contributed by atoms with Crippen molar-refractivity contribution in [2.75, 3.05) is 0 Å². The minimum Gasteiger partial charge on any atom is -0.120 e. The van der Waals surface area contributed by atoms with E-state index < -0.39 is 0 Å². The van der Waals surface area contributed by atoms with Gasteiger partial charge in [-0.25, -0.2) is 0 Å². The first kappa shape index (κ1) is 6.56. The monoisotopic (exact) mass is 95.1 g/mol. The van der Waals surface area contributed by atoms with Gasteiger partial charge in [-0.15, -0.1) is 12.3 Å². The maximum absolute atomic E-state index is 4.99. The molecule has 0 rings (SSSR count). The highest BCUT2D eigenvalue weighted by Gasteiger charge is 1.78. The number of terminal acetylenes is 1. The normalized spacial score (nSPS) is 8.00. The van der Waals surface area contributed by atoms with Crippen molar-refractivity contribution < 1.29 is 0 Å². The van der Waals surface area contributed by atoms with Crippen LogP contribution in [0.4, 0.5) is 0 Å².